The lowest BCUT2D eigenvalue weighted by Crippen LogP contribution is -2.54. The van der Waals surface area contributed by atoms with Gasteiger partial charge in [-0.3, -0.25) is 14.9 Å². The van der Waals surface area contributed by atoms with Gasteiger partial charge in [0.05, 0.1) is 21.2 Å². The monoisotopic (exact) mass is 522 g/mol. The van der Waals surface area contributed by atoms with Crippen LogP contribution in [0.25, 0.3) is 6.08 Å². The first kappa shape index (κ1) is 21.1. The molecule has 1 saturated heterocycles. The Labute approximate surface area is 183 Å². The van der Waals surface area contributed by atoms with Gasteiger partial charge >= 0.3 is 6.03 Å². The van der Waals surface area contributed by atoms with Crippen LogP contribution in [0.4, 0.5) is 10.5 Å². The maximum Gasteiger partial charge on any atom is 0.335 e. The fourth-order valence-corrected chi connectivity index (χ4v) is 4.12. The fraction of sp³-hybridized carbons (Fsp3) is 0.150. The van der Waals surface area contributed by atoms with Gasteiger partial charge in [-0.15, -0.1) is 0 Å². The first-order chi connectivity index (χ1) is 13.8. The number of benzene rings is 2. The third-order valence-corrected chi connectivity index (χ3v) is 5.17. The molecule has 0 atom stereocenters. The van der Waals surface area contributed by atoms with Crippen molar-refractivity contribution in [2.75, 3.05) is 11.5 Å². The summed E-state index contributed by atoms with van der Waals surface area (Å²) < 4.78 is 6.98. The summed E-state index contributed by atoms with van der Waals surface area (Å²) >= 11 is 6.86. The van der Waals surface area contributed by atoms with E-state index in [0.717, 1.165) is 11.3 Å². The zero-order valence-electron chi connectivity index (χ0n) is 15.2. The Bertz CT molecular complexity index is 995. The first-order valence-electron chi connectivity index (χ1n) is 8.64. The molecule has 0 unspecified atom stereocenters. The van der Waals surface area contributed by atoms with E-state index in [1.807, 2.05) is 6.92 Å². The van der Waals surface area contributed by atoms with Gasteiger partial charge in [-0.05, 0) is 86.3 Å². The van der Waals surface area contributed by atoms with Crippen LogP contribution in [0.15, 0.2) is 50.9 Å². The van der Waals surface area contributed by atoms with Crippen LogP contribution in [-0.2, 0) is 9.59 Å². The average molecular weight is 524 g/mol. The Balaban J connectivity index is 1.97. The predicted octanol–water partition coefficient (Wildman–Crippen LogP) is 4.37. The Kier molecular flexibility index (Phi) is 6.39. The minimum atomic E-state index is -0.853. The number of anilines is 1. The maximum absolute atomic E-state index is 12.9. The number of nitrogens with zero attached hydrogens (tertiary/aromatic N) is 1. The molecule has 3 rings (SSSR count). The Hall–Kier alpha value is -2.65. The van der Waals surface area contributed by atoms with E-state index < -0.39 is 17.8 Å². The van der Waals surface area contributed by atoms with Crippen LogP contribution < -0.4 is 15.0 Å². The molecule has 150 valence electrons. The van der Waals surface area contributed by atoms with Gasteiger partial charge in [0.1, 0.15) is 17.1 Å². The molecule has 2 aromatic carbocycles. The maximum atomic E-state index is 12.9. The van der Waals surface area contributed by atoms with Crippen molar-refractivity contribution in [3.05, 3.63) is 56.5 Å². The zero-order chi connectivity index (χ0) is 21.1. The summed E-state index contributed by atoms with van der Waals surface area (Å²) in [5, 5.41) is 11.6. The number of urea groups is 1. The molecule has 9 heteroatoms. The SMILES string of the molecule is CCCOc1c(Br)cc(/C=C2\C(=O)NC(=O)N(c3ccc(O)cc3)C2=O)cc1Br. The van der Waals surface area contributed by atoms with Crippen molar-refractivity contribution in [3.8, 4) is 11.5 Å². The summed E-state index contributed by atoms with van der Waals surface area (Å²) in [4.78, 5) is 38.2. The van der Waals surface area contributed by atoms with Crippen LogP contribution >= 0.6 is 31.9 Å². The van der Waals surface area contributed by atoms with E-state index in [9.17, 15) is 19.5 Å². The van der Waals surface area contributed by atoms with Crippen molar-refractivity contribution in [3.63, 3.8) is 0 Å². The molecule has 0 bridgehead atoms. The van der Waals surface area contributed by atoms with Crippen LogP contribution in [-0.4, -0.2) is 29.6 Å². The van der Waals surface area contributed by atoms with E-state index in [-0.39, 0.29) is 17.0 Å². The molecule has 4 amide bonds. The molecular formula is C20H16Br2N2O5. The van der Waals surface area contributed by atoms with Crippen LogP contribution in [0.5, 0.6) is 11.5 Å². The summed E-state index contributed by atoms with van der Waals surface area (Å²) in [7, 11) is 0. The van der Waals surface area contributed by atoms with Gasteiger partial charge < -0.3 is 9.84 Å². The molecule has 1 aliphatic rings. The molecule has 7 nitrogen and oxygen atoms in total. The van der Waals surface area contributed by atoms with E-state index in [1.54, 1.807) is 12.1 Å². The first-order valence-corrected chi connectivity index (χ1v) is 10.2. The molecule has 29 heavy (non-hydrogen) atoms. The van der Waals surface area contributed by atoms with Crippen LogP contribution in [0.2, 0.25) is 0 Å². The van der Waals surface area contributed by atoms with E-state index in [1.165, 1.54) is 30.3 Å². The largest absolute Gasteiger partial charge is 0.508 e. The average Bonchev–Trinajstić information content (AvgIpc) is 2.66. The number of aromatic hydroxyl groups is 1. The molecule has 1 fully saturated rings. The van der Waals surface area contributed by atoms with Crippen LogP contribution in [0, 0.1) is 0 Å². The molecule has 0 saturated carbocycles. The number of hydrogen-bond acceptors (Lipinski definition) is 5. The third kappa shape index (κ3) is 4.51. The number of carbonyl (C=O) groups is 3. The molecule has 0 aromatic heterocycles. The second-order valence-corrected chi connectivity index (χ2v) is 7.85. The summed E-state index contributed by atoms with van der Waals surface area (Å²) in [5.41, 5.74) is 0.596. The summed E-state index contributed by atoms with van der Waals surface area (Å²) in [6, 6.07) is 8.08. The highest BCUT2D eigenvalue weighted by molar-refractivity contribution is 9.11. The number of ether oxygens (including phenoxy) is 1. The number of amides is 4. The van der Waals surface area contributed by atoms with Gasteiger partial charge in [-0.2, -0.15) is 0 Å². The summed E-state index contributed by atoms with van der Waals surface area (Å²) in [6.45, 7) is 2.54. The second-order valence-electron chi connectivity index (χ2n) is 6.14. The zero-order valence-corrected chi connectivity index (χ0v) is 18.4. The fourth-order valence-electron chi connectivity index (χ4n) is 2.67. The van der Waals surface area contributed by atoms with Gasteiger partial charge in [0.15, 0.2) is 0 Å². The van der Waals surface area contributed by atoms with Crippen LogP contribution in [0.1, 0.15) is 18.9 Å². The number of halogens is 2. The Morgan fingerprint density at radius 1 is 1.10 bits per heavy atom. The van der Waals surface area contributed by atoms with Crippen molar-refractivity contribution >= 4 is 61.5 Å². The lowest BCUT2D eigenvalue weighted by atomic mass is 10.1. The molecular weight excluding hydrogens is 508 g/mol. The van der Waals surface area contributed by atoms with E-state index >= 15 is 0 Å². The molecule has 0 spiro atoms. The van der Waals surface area contributed by atoms with Gasteiger partial charge in [-0.1, -0.05) is 6.92 Å². The lowest BCUT2D eigenvalue weighted by Gasteiger charge is -2.26. The number of imide groups is 2. The third-order valence-electron chi connectivity index (χ3n) is 3.99. The number of carbonyl (C=O) groups excluding carboxylic acids is 3. The molecule has 1 aliphatic heterocycles. The Morgan fingerprint density at radius 2 is 1.72 bits per heavy atom. The molecule has 2 N–H and O–H groups in total. The molecule has 1 heterocycles. The minimum Gasteiger partial charge on any atom is -0.508 e. The summed E-state index contributed by atoms with van der Waals surface area (Å²) in [5.74, 6) is -0.934. The highest BCUT2D eigenvalue weighted by Gasteiger charge is 2.36. The number of hydrogen-bond donors (Lipinski definition) is 2. The van der Waals surface area contributed by atoms with Gasteiger partial charge in [-0.25, -0.2) is 9.69 Å². The van der Waals surface area contributed by atoms with Gasteiger partial charge in [0, 0.05) is 0 Å². The van der Waals surface area contributed by atoms with Crippen molar-refractivity contribution in [1.82, 2.24) is 5.32 Å². The molecule has 0 aliphatic carbocycles. The second kappa shape index (κ2) is 8.79. The van der Waals surface area contributed by atoms with E-state index in [4.69, 9.17) is 4.74 Å². The number of barbiturate groups is 1. The predicted molar refractivity (Wildman–Crippen MR) is 115 cm³/mol. The van der Waals surface area contributed by atoms with Crippen molar-refractivity contribution in [2.24, 2.45) is 0 Å². The smallest absolute Gasteiger partial charge is 0.335 e. The highest BCUT2D eigenvalue weighted by atomic mass is 79.9. The Morgan fingerprint density at radius 3 is 2.31 bits per heavy atom. The van der Waals surface area contributed by atoms with Gasteiger partial charge in [0.2, 0.25) is 0 Å². The van der Waals surface area contributed by atoms with E-state index in [2.05, 4.69) is 37.2 Å². The number of rotatable bonds is 5. The number of phenols is 1. The normalized spacial score (nSPS) is 15.6. The molecule has 2 aromatic rings. The van der Waals surface area contributed by atoms with Gasteiger partial charge in [0.25, 0.3) is 11.8 Å². The number of phenolic OH excluding ortho intramolecular Hbond substituents is 1. The summed E-state index contributed by atoms with van der Waals surface area (Å²) in [6.07, 6.45) is 2.25. The topological polar surface area (TPSA) is 95.9 Å². The van der Waals surface area contributed by atoms with Crippen molar-refractivity contribution < 1.29 is 24.2 Å². The van der Waals surface area contributed by atoms with Crippen molar-refractivity contribution in [1.29, 1.82) is 0 Å². The standard InChI is InChI=1S/C20H16Br2N2O5/c1-2-7-29-17-15(21)9-11(10-16(17)22)8-14-18(26)23-20(28)24(19(14)27)12-3-5-13(25)6-4-12/h3-6,8-10,25H,2,7H2,1H3,(H,23,26,28)/b14-8+. The molecule has 0 radical (unpaired) electrons. The lowest BCUT2D eigenvalue weighted by molar-refractivity contribution is -0.122. The van der Waals surface area contributed by atoms with Crippen LogP contribution in [0.3, 0.4) is 0 Å². The quantitative estimate of drug-likeness (QED) is 0.448. The van der Waals surface area contributed by atoms with E-state index in [0.29, 0.717) is 26.9 Å². The highest BCUT2D eigenvalue weighted by Crippen LogP contribution is 2.36. The number of nitrogens with one attached hydrogen (secondary N) is 1. The van der Waals surface area contributed by atoms with Crippen molar-refractivity contribution in [2.45, 2.75) is 13.3 Å². The minimum absolute atomic E-state index is 0.00876.